The summed E-state index contributed by atoms with van der Waals surface area (Å²) in [5.41, 5.74) is -0.0827. The first-order chi connectivity index (χ1) is 9.76. The summed E-state index contributed by atoms with van der Waals surface area (Å²) >= 11 is 0. The molecule has 0 fully saturated rings. The van der Waals surface area contributed by atoms with Crippen LogP contribution >= 0.6 is 0 Å². The van der Waals surface area contributed by atoms with Gasteiger partial charge >= 0.3 is 6.09 Å². The van der Waals surface area contributed by atoms with Gasteiger partial charge in [0, 0.05) is 0 Å². The van der Waals surface area contributed by atoms with E-state index in [-0.39, 0.29) is 0 Å². The first kappa shape index (κ1) is 17.3. The topological polar surface area (TPSA) is 88.0 Å². The van der Waals surface area contributed by atoms with E-state index in [9.17, 15) is 15.0 Å². The van der Waals surface area contributed by atoms with Crippen LogP contribution < -0.4 is 10.1 Å². The Bertz CT molecular complexity index is 452. The quantitative estimate of drug-likeness (QED) is 0.768. The minimum atomic E-state index is -1.05. The molecule has 0 spiro atoms. The fourth-order valence-corrected chi connectivity index (χ4v) is 1.72. The lowest BCUT2D eigenvalue weighted by Crippen LogP contribution is -2.44. The van der Waals surface area contributed by atoms with Crippen molar-refractivity contribution >= 4 is 6.09 Å². The van der Waals surface area contributed by atoms with E-state index in [1.54, 1.807) is 52.1 Å². The standard InChI is InChI=1S/C15H23NO5/c1-15(2,3)21-14(19)16-12(9-17)13(18)10-5-7-11(20-4)8-6-10/h5-8,12-13,17-18H,9H2,1-4H3,(H,16,19)/t12-,13-/m0/s1. The van der Waals surface area contributed by atoms with E-state index in [2.05, 4.69) is 5.32 Å². The number of ether oxygens (including phenoxy) is 2. The normalized spacial score (nSPS) is 14.2. The highest BCUT2D eigenvalue weighted by Crippen LogP contribution is 2.20. The first-order valence-corrected chi connectivity index (χ1v) is 6.69. The van der Waals surface area contributed by atoms with Crippen molar-refractivity contribution in [3.05, 3.63) is 29.8 Å². The second-order valence-electron chi connectivity index (χ2n) is 5.65. The summed E-state index contributed by atoms with van der Waals surface area (Å²) in [7, 11) is 1.55. The molecule has 0 unspecified atom stereocenters. The van der Waals surface area contributed by atoms with Gasteiger partial charge in [-0.25, -0.2) is 4.79 Å². The molecule has 0 saturated carbocycles. The Balaban J connectivity index is 2.71. The highest BCUT2D eigenvalue weighted by atomic mass is 16.6. The summed E-state index contributed by atoms with van der Waals surface area (Å²) in [5, 5.41) is 22.0. The van der Waals surface area contributed by atoms with E-state index >= 15 is 0 Å². The lowest BCUT2D eigenvalue weighted by molar-refractivity contribution is 0.0349. The second-order valence-corrected chi connectivity index (χ2v) is 5.65. The third-order valence-corrected chi connectivity index (χ3v) is 2.74. The van der Waals surface area contributed by atoms with Crippen LogP contribution in [-0.2, 0) is 4.74 Å². The molecular weight excluding hydrogens is 274 g/mol. The molecule has 0 saturated heterocycles. The molecule has 0 aliphatic rings. The number of hydrogen-bond donors (Lipinski definition) is 3. The average Bonchev–Trinajstić information content (AvgIpc) is 2.42. The molecule has 6 heteroatoms. The minimum absolute atomic E-state index is 0.410. The number of hydrogen-bond acceptors (Lipinski definition) is 5. The molecule has 0 heterocycles. The van der Waals surface area contributed by atoms with Crippen molar-refractivity contribution in [1.82, 2.24) is 5.32 Å². The van der Waals surface area contributed by atoms with Gasteiger partial charge in [0.1, 0.15) is 17.5 Å². The maximum Gasteiger partial charge on any atom is 0.408 e. The number of benzene rings is 1. The van der Waals surface area contributed by atoms with Crippen LogP contribution in [0.15, 0.2) is 24.3 Å². The highest BCUT2D eigenvalue weighted by molar-refractivity contribution is 5.68. The van der Waals surface area contributed by atoms with Crippen molar-refractivity contribution in [1.29, 1.82) is 0 Å². The van der Waals surface area contributed by atoms with Gasteiger partial charge in [-0.1, -0.05) is 12.1 Å². The molecule has 3 N–H and O–H groups in total. The average molecular weight is 297 g/mol. The predicted molar refractivity (Wildman–Crippen MR) is 78.2 cm³/mol. The maximum absolute atomic E-state index is 11.7. The molecule has 1 amide bonds. The number of carbonyl (C=O) groups excluding carboxylic acids is 1. The van der Waals surface area contributed by atoms with E-state index in [0.29, 0.717) is 11.3 Å². The van der Waals surface area contributed by atoms with Gasteiger partial charge in [0.2, 0.25) is 0 Å². The van der Waals surface area contributed by atoms with Crippen LogP contribution in [0.3, 0.4) is 0 Å². The Kier molecular flexibility index (Phi) is 5.99. The largest absolute Gasteiger partial charge is 0.497 e. The lowest BCUT2D eigenvalue weighted by atomic mass is 10.0. The summed E-state index contributed by atoms with van der Waals surface area (Å²) < 4.78 is 10.1. The molecule has 21 heavy (non-hydrogen) atoms. The molecule has 0 bridgehead atoms. The summed E-state index contributed by atoms with van der Waals surface area (Å²) in [4.78, 5) is 11.7. The molecule has 0 aromatic heterocycles. The lowest BCUT2D eigenvalue weighted by Gasteiger charge is -2.25. The van der Waals surface area contributed by atoms with Gasteiger partial charge in [-0.3, -0.25) is 0 Å². The zero-order valence-electron chi connectivity index (χ0n) is 12.8. The van der Waals surface area contributed by atoms with Gasteiger partial charge in [-0.05, 0) is 38.5 Å². The third-order valence-electron chi connectivity index (χ3n) is 2.74. The van der Waals surface area contributed by atoms with Crippen LogP contribution in [0.2, 0.25) is 0 Å². The predicted octanol–water partition coefficient (Wildman–Crippen LogP) is 1.61. The number of rotatable bonds is 5. The Morgan fingerprint density at radius 2 is 1.86 bits per heavy atom. The van der Waals surface area contributed by atoms with Crippen molar-refractivity contribution < 1.29 is 24.5 Å². The summed E-state index contributed by atoms with van der Waals surface area (Å²) in [6, 6.07) is 5.88. The van der Waals surface area contributed by atoms with E-state index in [4.69, 9.17) is 9.47 Å². The number of methoxy groups -OCH3 is 1. The number of carbonyl (C=O) groups is 1. The van der Waals surface area contributed by atoms with Crippen LogP contribution in [0.1, 0.15) is 32.4 Å². The molecule has 0 aliphatic carbocycles. The number of aliphatic hydroxyl groups excluding tert-OH is 2. The van der Waals surface area contributed by atoms with Gasteiger partial charge in [-0.15, -0.1) is 0 Å². The Morgan fingerprint density at radius 3 is 2.29 bits per heavy atom. The molecule has 0 aliphatic heterocycles. The third kappa shape index (κ3) is 5.61. The molecule has 2 atom stereocenters. The number of alkyl carbamates (subject to hydrolysis) is 1. The molecule has 1 rings (SSSR count). The van der Waals surface area contributed by atoms with Crippen LogP contribution in [0.25, 0.3) is 0 Å². The summed E-state index contributed by atoms with van der Waals surface area (Å²) in [5.74, 6) is 0.659. The number of aliphatic hydroxyl groups is 2. The second kappa shape index (κ2) is 7.28. The van der Waals surface area contributed by atoms with Gasteiger partial charge in [0.25, 0.3) is 0 Å². The SMILES string of the molecule is COc1ccc([C@H](O)[C@H](CO)NC(=O)OC(C)(C)C)cc1. The van der Waals surface area contributed by atoms with Crippen molar-refractivity contribution in [2.75, 3.05) is 13.7 Å². The Hall–Kier alpha value is -1.79. The summed E-state index contributed by atoms with van der Waals surface area (Å²) in [6.07, 6.45) is -1.73. The van der Waals surface area contributed by atoms with Crippen molar-refractivity contribution in [3.63, 3.8) is 0 Å². The zero-order valence-corrected chi connectivity index (χ0v) is 12.8. The van der Waals surface area contributed by atoms with E-state index in [1.807, 2.05) is 0 Å². The number of amides is 1. The van der Waals surface area contributed by atoms with Gasteiger partial charge in [0.15, 0.2) is 0 Å². The molecule has 118 valence electrons. The van der Waals surface area contributed by atoms with Gasteiger partial charge < -0.3 is 25.0 Å². The fourth-order valence-electron chi connectivity index (χ4n) is 1.72. The number of nitrogens with one attached hydrogen (secondary N) is 1. The molecule has 1 aromatic rings. The summed E-state index contributed by atoms with van der Waals surface area (Å²) in [6.45, 7) is 4.80. The van der Waals surface area contributed by atoms with E-state index in [0.717, 1.165) is 0 Å². The van der Waals surface area contributed by atoms with Crippen LogP contribution in [0.5, 0.6) is 5.75 Å². The first-order valence-electron chi connectivity index (χ1n) is 6.69. The van der Waals surface area contributed by atoms with Crippen LogP contribution in [0, 0.1) is 0 Å². The molecule has 1 aromatic carbocycles. The van der Waals surface area contributed by atoms with E-state index < -0.39 is 30.4 Å². The zero-order chi connectivity index (χ0) is 16.0. The monoisotopic (exact) mass is 297 g/mol. The molecule has 0 radical (unpaired) electrons. The fraction of sp³-hybridized carbons (Fsp3) is 0.533. The van der Waals surface area contributed by atoms with Gasteiger partial charge in [0.05, 0.1) is 19.8 Å². The van der Waals surface area contributed by atoms with Gasteiger partial charge in [-0.2, -0.15) is 0 Å². The van der Waals surface area contributed by atoms with Crippen LogP contribution in [-0.4, -0.2) is 41.7 Å². The minimum Gasteiger partial charge on any atom is -0.497 e. The van der Waals surface area contributed by atoms with E-state index in [1.165, 1.54) is 0 Å². The Labute approximate surface area is 124 Å². The Morgan fingerprint density at radius 1 is 1.29 bits per heavy atom. The van der Waals surface area contributed by atoms with Crippen molar-refractivity contribution in [3.8, 4) is 5.75 Å². The smallest absolute Gasteiger partial charge is 0.408 e. The van der Waals surface area contributed by atoms with Crippen LogP contribution in [0.4, 0.5) is 4.79 Å². The van der Waals surface area contributed by atoms with Crippen molar-refractivity contribution in [2.24, 2.45) is 0 Å². The molecule has 6 nitrogen and oxygen atoms in total. The molecular formula is C15H23NO5. The van der Waals surface area contributed by atoms with Crippen molar-refractivity contribution in [2.45, 2.75) is 38.5 Å². The highest BCUT2D eigenvalue weighted by Gasteiger charge is 2.25. The maximum atomic E-state index is 11.7.